The van der Waals surface area contributed by atoms with Gasteiger partial charge in [0, 0.05) is 17.1 Å². The maximum Gasteiger partial charge on any atom is 0.0208 e. The third-order valence-electron chi connectivity index (χ3n) is 3.66. The summed E-state index contributed by atoms with van der Waals surface area (Å²) in [5, 5.41) is 3.61. The maximum absolute atomic E-state index is 3.61. The summed E-state index contributed by atoms with van der Waals surface area (Å²) in [5.74, 6) is 0. The summed E-state index contributed by atoms with van der Waals surface area (Å²) in [7, 11) is 0. The molecule has 0 amide bonds. The van der Waals surface area contributed by atoms with E-state index >= 15 is 0 Å². The fraction of sp³-hybridized carbons (Fsp3) is 0.333. The van der Waals surface area contributed by atoms with Crippen LogP contribution in [0, 0.1) is 13.8 Å². The molecule has 0 saturated carbocycles. The topological polar surface area (TPSA) is 12.0 Å². The molecule has 0 fully saturated rings. The first-order valence-corrected chi connectivity index (χ1v) is 7.88. The van der Waals surface area contributed by atoms with Crippen molar-refractivity contribution < 1.29 is 0 Å². The minimum atomic E-state index is 0.472. The molecule has 0 aliphatic heterocycles. The van der Waals surface area contributed by atoms with Gasteiger partial charge in [0.1, 0.15) is 0 Å². The van der Waals surface area contributed by atoms with Crippen molar-refractivity contribution in [1.82, 2.24) is 5.32 Å². The standard InChI is InChI=1S/C18H22BrN/c1-13-6-4-5-7-17(13)11-15(3)20-12-16-8-9-18(19)14(2)10-16/h4-10,15,20H,11-12H2,1-3H3. The van der Waals surface area contributed by atoms with Crippen LogP contribution in [0.4, 0.5) is 0 Å². The van der Waals surface area contributed by atoms with E-state index in [2.05, 4.69) is 84.5 Å². The van der Waals surface area contributed by atoms with Gasteiger partial charge in [0.25, 0.3) is 0 Å². The molecule has 2 heteroatoms. The quantitative estimate of drug-likeness (QED) is 0.830. The predicted molar refractivity (Wildman–Crippen MR) is 90.1 cm³/mol. The van der Waals surface area contributed by atoms with Gasteiger partial charge in [-0.2, -0.15) is 0 Å². The Labute approximate surface area is 130 Å². The number of aryl methyl sites for hydroxylation is 2. The van der Waals surface area contributed by atoms with Crippen LogP contribution in [-0.4, -0.2) is 6.04 Å². The average molecular weight is 332 g/mol. The molecule has 106 valence electrons. The minimum Gasteiger partial charge on any atom is -0.310 e. The summed E-state index contributed by atoms with van der Waals surface area (Å²) < 4.78 is 1.18. The average Bonchev–Trinajstić information content (AvgIpc) is 2.43. The Balaban J connectivity index is 1.90. The maximum atomic E-state index is 3.61. The summed E-state index contributed by atoms with van der Waals surface area (Å²) in [5.41, 5.74) is 5.43. The van der Waals surface area contributed by atoms with Crippen LogP contribution in [0.5, 0.6) is 0 Å². The third kappa shape index (κ3) is 4.19. The predicted octanol–water partition coefficient (Wildman–Crippen LogP) is 4.79. The van der Waals surface area contributed by atoms with E-state index in [9.17, 15) is 0 Å². The lowest BCUT2D eigenvalue weighted by Crippen LogP contribution is -2.27. The SMILES string of the molecule is Cc1cc(CNC(C)Cc2ccccc2C)ccc1Br. The van der Waals surface area contributed by atoms with Crippen LogP contribution in [0.25, 0.3) is 0 Å². The molecule has 0 aromatic heterocycles. The van der Waals surface area contributed by atoms with Gasteiger partial charge in [-0.15, -0.1) is 0 Å². The first-order chi connectivity index (χ1) is 9.56. The Morgan fingerprint density at radius 3 is 2.50 bits per heavy atom. The smallest absolute Gasteiger partial charge is 0.0208 e. The number of hydrogen-bond donors (Lipinski definition) is 1. The highest BCUT2D eigenvalue weighted by molar-refractivity contribution is 9.10. The van der Waals surface area contributed by atoms with Crippen molar-refractivity contribution in [2.75, 3.05) is 0 Å². The first kappa shape index (κ1) is 15.3. The van der Waals surface area contributed by atoms with Gasteiger partial charge in [-0.25, -0.2) is 0 Å². The number of hydrogen-bond acceptors (Lipinski definition) is 1. The van der Waals surface area contributed by atoms with E-state index < -0.39 is 0 Å². The lowest BCUT2D eigenvalue weighted by molar-refractivity contribution is 0.544. The van der Waals surface area contributed by atoms with Crippen LogP contribution in [-0.2, 0) is 13.0 Å². The van der Waals surface area contributed by atoms with E-state index in [1.165, 1.54) is 26.7 Å². The van der Waals surface area contributed by atoms with Crippen molar-refractivity contribution in [3.63, 3.8) is 0 Å². The van der Waals surface area contributed by atoms with E-state index in [1.807, 2.05) is 0 Å². The summed E-state index contributed by atoms with van der Waals surface area (Å²) in [6, 6.07) is 15.6. The molecule has 0 aliphatic rings. The molecule has 0 aliphatic carbocycles. The van der Waals surface area contributed by atoms with E-state index in [-0.39, 0.29) is 0 Å². The zero-order valence-corrected chi connectivity index (χ0v) is 14.0. The largest absolute Gasteiger partial charge is 0.310 e. The molecule has 20 heavy (non-hydrogen) atoms. The Hall–Kier alpha value is -1.12. The van der Waals surface area contributed by atoms with Crippen molar-refractivity contribution in [3.8, 4) is 0 Å². The van der Waals surface area contributed by atoms with Gasteiger partial charge in [0.15, 0.2) is 0 Å². The second-order valence-electron chi connectivity index (χ2n) is 5.50. The van der Waals surface area contributed by atoms with E-state index in [4.69, 9.17) is 0 Å². The molecule has 2 aromatic rings. The zero-order chi connectivity index (χ0) is 14.5. The van der Waals surface area contributed by atoms with E-state index in [0.717, 1.165) is 13.0 Å². The molecule has 1 atom stereocenters. The Kier molecular flexibility index (Phi) is 5.38. The van der Waals surface area contributed by atoms with Crippen LogP contribution in [0.2, 0.25) is 0 Å². The molecule has 0 saturated heterocycles. The monoisotopic (exact) mass is 331 g/mol. The molecule has 0 bridgehead atoms. The molecule has 0 spiro atoms. The number of nitrogens with one attached hydrogen (secondary N) is 1. The van der Waals surface area contributed by atoms with Crippen molar-refractivity contribution in [2.45, 2.75) is 39.8 Å². The molecule has 1 nitrogen and oxygen atoms in total. The highest BCUT2D eigenvalue weighted by Gasteiger charge is 2.05. The molecule has 1 N–H and O–H groups in total. The van der Waals surface area contributed by atoms with Crippen molar-refractivity contribution >= 4 is 15.9 Å². The summed E-state index contributed by atoms with van der Waals surface area (Å²) >= 11 is 3.54. The molecule has 2 rings (SSSR count). The highest BCUT2D eigenvalue weighted by Crippen LogP contribution is 2.17. The molecular weight excluding hydrogens is 310 g/mol. The number of rotatable bonds is 5. The summed E-state index contributed by atoms with van der Waals surface area (Å²) in [6.45, 7) is 7.48. The van der Waals surface area contributed by atoms with Crippen LogP contribution >= 0.6 is 15.9 Å². The number of benzene rings is 2. The van der Waals surface area contributed by atoms with Gasteiger partial charge in [-0.05, 0) is 55.5 Å². The van der Waals surface area contributed by atoms with Gasteiger partial charge < -0.3 is 5.32 Å². The third-order valence-corrected chi connectivity index (χ3v) is 4.55. The van der Waals surface area contributed by atoms with Crippen molar-refractivity contribution in [3.05, 3.63) is 69.2 Å². The molecule has 1 unspecified atom stereocenters. The number of halogens is 1. The van der Waals surface area contributed by atoms with E-state index in [1.54, 1.807) is 0 Å². The fourth-order valence-corrected chi connectivity index (χ4v) is 2.60. The lowest BCUT2D eigenvalue weighted by Gasteiger charge is -2.16. The lowest BCUT2D eigenvalue weighted by atomic mass is 10.0. The summed E-state index contributed by atoms with van der Waals surface area (Å²) in [4.78, 5) is 0. The normalized spacial score (nSPS) is 12.4. The van der Waals surface area contributed by atoms with Crippen molar-refractivity contribution in [1.29, 1.82) is 0 Å². The fourth-order valence-electron chi connectivity index (χ4n) is 2.35. The molecule has 2 aromatic carbocycles. The zero-order valence-electron chi connectivity index (χ0n) is 12.4. The van der Waals surface area contributed by atoms with E-state index in [0.29, 0.717) is 6.04 Å². The van der Waals surface area contributed by atoms with Crippen molar-refractivity contribution in [2.24, 2.45) is 0 Å². The Morgan fingerprint density at radius 2 is 1.80 bits per heavy atom. The van der Waals surface area contributed by atoms with Crippen LogP contribution in [0.1, 0.15) is 29.2 Å². The minimum absolute atomic E-state index is 0.472. The first-order valence-electron chi connectivity index (χ1n) is 7.09. The second kappa shape index (κ2) is 7.05. The Bertz CT molecular complexity index is 577. The van der Waals surface area contributed by atoms with Gasteiger partial charge in [-0.3, -0.25) is 0 Å². The van der Waals surface area contributed by atoms with Crippen LogP contribution in [0.3, 0.4) is 0 Å². The van der Waals surface area contributed by atoms with Crippen LogP contribution < -0.4 is 5.32 Å². The highest BCUT2D eigenvalue weighted by atomic mass is 79.9. The second-order valence-corrected chi connectivity index (χ2v) is 6.35. The Morgan fingerprint density at radius 1 is 1.05 bits per heavy atom. The molecule has 0 heterocycles. The molecular formula is C18H22BrN. The van der Waals surface area contributed by atoms with Gasteiger partial charge >= 0.3 is 0 Å². The van der Waals surface area contributed by atoms with Crippen LogP contribution in [0.15, 0.2) is 46.9 Å². The van der Waals surface area contributed by atoms with Gasteiger partial charge in [0.05, 0.1) is 0 Å². The summed E-state index contributed by atoms with van der Waals surface area (Å²) in [6.07, 6.45) is 1.07. The van der Waals surface area contributed by atoms with Gasteiger partial charge in [-0.1, -0.05) is 52.3 Å². The molecule has 0 radical (unpaired) electrons. The van der Waals surface area contributed by atoms with Gasteiger partial charge in [0.2, 0.25) is 0 Å².